The number of benzene rings is 2. The zero-order chi connectivity index (χ0) is 19.2. The van der Waals surface area contributed by atoms with Gasteiger partial charge in [-0.3, -0.25) is 4.79 Å². The van der Waals surface area contributed by atoms with Crippen LogP contribution >= 0.6 is 0 Å². The second-order valence-electron chi connectivity index (χ2n) is 7.34. The van der Waals surface area contributed by atoms with Crippen LogP contribution in [0, 0.1) is 5.82 Å². The molecule has 4 nitrogen and oxygen atoms in total. The molecule has 0 bridgehead atoms. The normalized spacial score (nSPS) is 16.2. The van der Waals surface area contributed by atoms with E-state index in [0.717, 1.165) is 38.3 Å². The number of carbonyl (C=O) groups excluding carboxylic acids is 1. The van der Waals surface area contributed by atoms with E-state index in [1.165, 1.54) is 16.5 Å². The summed E-state index contributed by atoms with van der Waals surface area (Å²) < 4.78 is 13.9. The number of nitrogens with zero attached hydrogens (tertiary/aromatic N) is 1. The smallest absolute Gasteiger partial charge is 0.279 e. The molecule has 0 radical (unpaired) electrons. The van der Waals surface area contributed by atoms with E-state index >= 15 is 0 Å². The Kier molecular flexibility index (Phi) is 6.45. The Morgan fingerprint density at radius 1 is 1.15 bits per heavy atom. The molecule has 1 aliphatic heterocycles. The lowest BCUT2D eigenvalue weighted by atomic mass is 9.99. The first-order chi connectivity index (χ1) is 13.1. The van der Waals surface area contributed by atoms with E-state index in [1.807, 2.05) is 24.3 Å². The number of halogens is 1. The first-order valence-electron chi connectivity index (χ1n) is 9.79. The Balaban J connectivity index is 1.47. The van der Waals surface area contributed by atoms with Gasteiger partial charge < -0.3 is 15.1 Å². The van der Waals surface area contributed by atoms with Crippen molar-refractivity contribution in [3.05, 3.63) is 59.9 Å². The first-order valence-corrected chi connectivity index (χ1v) is 9.79. The summed E-state index contributed by atoms with van der Waals surface area (Å²) in [6, 6.07) is 15.0. The lowest BCUT2D eigenvalue weighted by Gasteiger charge is -2.33. The van der Waals surface area contributed by atoms with Gasteiger partial charge in [-0.25, -0.2) is 4.39 Å². The fourth-order valence-corrected chi connectivity index (χ4v) is 3.51. The topological polar surface area (TPSA) is 36.8 Å². The summed E-state index contributed by atoms with van der Waals surface area (Å²) in [5, 5.41) is 2.99. The maximum atomic E-state index is 13.9. The minimum Gasteiger partial charge on any atom is -0.358 e. The third-order valence-electron chi connectivity index (χ3n) is 5.45. The van der Waals surface area contributed by atoms with E-state index in [2.05, 4.69) is 36.2 Å². The van der Waals surface area contributed by atoms with Crippen LogP contribution in [0.3, 0.4) is 0 Å². The van der Waals surface area contributed by atoms with Gasteiger partial charge in [-0.05, 0) is 42.2 Å². The molecule has 27 heavy (non-hydrogen) atoms. The molecule has 3 rings (SSSR count). The van der Waals surface area contributed by atoms with E-state index in [-0.39, 0.29) is 11.7 Å². The van der Waals surface area contributed by atoms with Gasteiger partial charge in [-0.2, -0.15) is 0 Å². The van der Waals surface area contributed by atoms with Gasteiger partial charge in [0.1, 0.15) is 5.82 Å². The van der Waals surface area contributed by atoms with Gasteiger partial charge >= 0.3 is 0 Å². The molecule has 2 N–H and O–H groups in total. The standard InChI is InChI=1S/C22H28FN3O/c1-3-17(2)18-8-10-19(11-9-18)24-22(27)16-25-12-14-26(15-13-25)21-7-5-4-6-20(21)23/h4-11,17H,3,12-16H2,1-2H3,(H,24,27)/p+1/t17-/m0/s1. The van der Waals surface area contributed by atoms with Crippen LogP contribution < -0.4 is 15.1 Å². The van der Waals surface area contributed by atoms with Gasteiger partial charge in [0.25, 0.3) is 5.91 Å². The summed E-state index contributed by atoms with van der Waals surface area (Å²) in [7, 11) is 0. The van der Waals surface area contributed by atoms with E-state index in [4.69, 9.17) is 0 Å². The van der Waals surface area contributed by atoms with E-state index in [1.54, 1.807) is 6.07 Å². The number of nitrogens with one attached hydrogen (secondary N) is 2. The summed E-state index contributed by atoms with van der Waals surface area (Å²) in [6.45, 7) is 7.99. The molecular formula is C22H29FN3O+. The monoisotopic (exact) mass is 370 g/mol. The highest BCUT2D eigenvalue weighted by molar-refractivity contribution is 5.91. The van der Waals surface area contributed by atoms with Crippen LogP contribution in [-0.4, -0.2) is 38.6 Å². The molecule has 1 fully saturated rings. The van der Waals surface area contributed by atoms with Crippen molar-refractivity contribution in [2.45, 2.75) is 26.2 Å². The predicted molar refractivity (Wildman–Crippen MR) is 108 cm³/mol. The van der Waals surface area contributed by atoms with Crippen LogP contribution in [0.2, 0.25) is 0 Å². The van der Waals surface area contributed by atoms with Crippen molar-refractivity contribution in [3.63, 3.8) is 0 Å². The maximum absolute atomic E-state index is 13.9. The van der Waals surface area contributed by atoms with Gasteiger partial charge in [-0.15, -0.1) is 0 Å². The van der Waals surface area contributed by atoms with E-state index in [0.29, 0.717) is 18.2 Å². The molecule has 2 aromatic rings. The third-order valence-corrected chi connectivity index (χ3v) is 5.45. The molecule has 1 amide bonds. The SMILES string of the molecule is CC[C@H](C)c1ccc(NC(=O)C[NH+]2CCN(c3ccccc3F)CC2)cc1. The van der Waals surface area contributed by atoms with Crippen molar-refractivity contribution < 1.29 is 14.1 Å². The van der Waals surface area contributed by atoms with Crippen molar-refractivity contribution in [1.82, 2.24) is 0 Å². The van der Waals surface area contributed by atoms with Gasteiger partial charge in [-0.1, -0.05) is 38.1 Å². The lowest BCUT2D eigenvalue weighted by Crippen LogP contribution is -3.15. The number of hydrogen-bond donors (Lipinski definition) is 2. The van der Waals surface area contributed by atoms with Crippen LogP contribution in [0.15, 0.2) is 48.5 Å². The summed E-state index contributed by atoms with van der Waals surface area (Å²) in [5.41, 5.74) is 2.80. The molecule has 0 saturated carbocycles. The van der Waals surface area contributed by atoms with Gasteiger partial charge in [0, 0.05) is 5.69 Å². The van der Waals surface area contributed by atoms with Gasteiger partial charge in [0.2, 0.25) is 0 Å². The quantitative estimate of drug-likeness (QED) is 0.820. The highest BCUT2D eigenvalue weighted by Gasteiger charge is 2.23. The molecule has 1 aliphatic rings. The average Bonchev–Trinajstić information content (AvgIpc) is 2.69. The van der Waals surface area contributed by atoms with Gasteiger partial charge in [0.15, 0.2) is 6.54 Å². The first kappa shape index (κ1) is 19.4. The number of para-hydroxylation sites is 1. The largest absolute Gasteiger partial charge is 0.358 e. The van der Waals surface area contributed by atoms with Crippen molar-refractivity contribution in [3.8, 4) is 0 Å². The van der Waals surface area contributed by atoms with Crippen LogP contribution in [0.25, 0.3) is 0 Å². The van der Waals surface area contributed by atoms with Gasteiger partial charge in [0.05, 0.1) is 31.9 Å². The number of hydrogen-bond acceptors (Lipinski definition) is 2. The second kappa shape index (κ2) is 9.00. The molecule has 1 atom stereocenters. The van der Waals surface area contributed by atoms with Crippen LogP contribution in [0.5, 0.6) is 0 Å². The zero-order valence-electron chi connectivity index (χ0n) is 16.2. The fourth-order valence-electron chi connectivity index (χ4n) is 3.51. The fraction of sp³-hybridized carbons (Fsp3) is 0.409. The Bertz CT molecular complexity index is 754. The van der Waals surface area contributed by atoms with Crippen LogP contribution in [0.4, 0.5) is 15.8 Å². The van der Waals surface area contributed by atoms with E-state index in [9.17, 15) is 9.18 Å². The third kappa shape index (κ3) is 5.07. The van der Waals surface area contributed by atoms with Crippen molar-refractivity contribution in [2.24, 2.45) is 0 Å². The zero-order valence-corrected chi connectivity index (χ0v) is 16.2. The Morgan fingerprint density at radius 2 is 1.81 bits per heavy atom. The molecule has 0 aliphatic carbocycles. The van der Waals surface area contributed by atoms with Crippen molar-refractivity contribution >= 4 is 17.3 Å². The Morgan fingerprint density at radius 3 is 2.44 bits per heavy atom. The van der Waals surface area contributed by atoms with E-state index < -0.39 is 0 Å². The van der Waals surface area contributed by atoms with Crippen molar-refractivity contribution in [2.75, 3.05) is 42.9 Å². The minimum atomic E-state index is -0.181. The molecule has 5 heteroatoms. The minimum absolute atomic E-state index is 0.0284. The number of piperazine rings is 1. The Labute approximate surface area is 161 Å². The number of amides is 1. The molecule has 0 spiro atoms. The maximum Gasteiger partial charge on any atom is 0.279 e. The summed E-state index contributed by atoms with van der Waals surface area (Å²) in [4.78, 5) is 15.6. The number of carbonyl (C=O) groups is 1. The average molecular weight is 370 g/mol. The number of quaternary nitrogens is 1. The summed E-state index contributed by atoms with van der Waals surface area (Å²) >= 11 is 0. The van der Waals surface area contributed by atoms with Crippen molar-refractivity contribution in [1.29, 1.82) is 0 Å². The Hall–Kier alpha value is -2.40. The molecule has 0 unspecified atom stereocenters. The second-order valence-corrected chi connectivity index (χ2v) is 7.34. The highest BCUT2D eigenvalue weighted by Crippen LogP contribution is 2.20. The number of anilines is 2. The summed E-state index contributed by atoms with van der Waals surface area (Å²) in [6.07, 6.45) is 1.11. The molecule has 1 saturated heterocycles. The summed E-state index contributed by atoms with van der Waals surface area (Å²) in [5.74, 6) is 0.380. The lowest BCUT2D eigenvalue weighted by molar-refractivity contribution is -0.892. The van der Waals surface area contributed by atoms with Crippen LogP contribution in [-0.2, 0) is 4.79 Å². The molecule has 1 heterocycles. The number of rotatable bonds is 6. The molecule has 144 valence electrons. The van der Waals surface area contributed by atoms with Crippen LogP contribution in [0.1, 0.15) is 31.7 Å². The molecule has 0 aromatic heterocycles. The molecular weight excluding hydrogens is 341 g/mol. The molecule has 2 aromatic carbocycles. The highest BCUT2D eigenvalue weighted by atomic mass is 19.1. The predicted octanol–water partition coefficient (Wildman–Crippen LogP) is 2.68.